The molecule has 0 bridgehead atoms. The van der Waals surface area contributed by atoms with Gasteiger partial charge in [-0.05, 0) is 51.6 Å². The SMILES string of the molecule is CC(=O)C(CCN)NC(=O)CNC(=O)C(CCN)C1CCCCC1. The predicted molar refractivity (Wildman–Crippen MR) is 93.0 cm³/mol. The fourth-order valence-corrected chi connectivity index (χ4v) is 3.38. The van der Waals surface area contributed by atoms with Gasteiger partial charge in [-0.25, -0.2) is 0 Å². The van der Waals surface area contributed by atoms with E-state index in [-0.39, 0.29) is 30.1 Å². The van der Waals surface area contributed by atoms with E-state index in [0.29, 0.717) is 31.8 Å². The molecule has 1 aliphatic carbocycles. The second-order valence-electron chi connectivity index (χ2n) is 6.61. The van der Waals surface area contributed by atoms with Gasteiger partial charge in [0.15, 0.2) is 5.78 Å². The molecule has 6 N–H and O–H groups in total. The molecular formula is C17H32N4O3. The van der Waals surface area contributed by atoms with Crippen LogP contribution in [0.15, 0.2) is 0 Å². The first-order valence-corrected chi connectivity index (χ1v) is 8.97. The van der Waals surface area contributed by atoms with Crippen LogP contribution in [0.1, 0.15) is 51.9 Å². The zero-order valence-electron chi connectivity index (χ0n) is 14.7. The van der Waals surface area contributed by atoms with Gasteiger partial charge >= 0.3 is 0 Å². The molecule has 1 aliphatic rings. The number of nitrogens with two attached hydrogens (primary N) is 2. The Morgan fingerprint density at radius 1 is 1.04 bits per heavy atom. The van der Waals surface area contributed by atoms with Crippen molar-refractivity contribution in [2.24, 2.45) is 23.3 Å². The Bertz CT molecular complexity index is 422. The fourth-order valence-electron chi connectivity index (χ4n) is 3.38. The number of hydrogen-bond acceptors (Lipinski definition) is 5. The van der Waals surface area contributed by atoms with E-state index in [1.54, 1.807) is 0 Å². The van der Waals surface area contributed by atoms with Crippen LogP contribution in [0.2, 0.25) is 0 Å². The van der Waals surface area contributed by atoms with E-state index in [4.69, 9.17) is 11.5 Å². The Balaban J connectivity index is 2.48. The highest BCUT2D eigenvalue weighted by atomic mass is 16.2. The van der Waals surface area contributed by atoms with Crippen molar-refractivity contribution in [1.29, 1.82) is 0 Å². The molecule has 0 aliphatic heterocycles. The van der Waals surface area contributed by atoms with Crippen LogP contribution in [0.4, 0.5) is 0 Å². The summed E-state index contributed by atoms with van der Waals surface area (Å²) in [6.07, 6.45) is 6.66. The van der Waals surface area contributed by atoms with Crippen molar-refractivity contribution in [2.75, 3.05) is 19.6 Å². The lowest BCUT2D eigenvalue weighted by Crippen LogP contribution is -2.47. The number of hydrogen-bond donors (Lipinski definition) is 4. The van der Waals surface area contributed by atoms with Crippen molar-refractivity contribution < 1.29 is 14.4 Å². The number of nitrogens with one attached hydrogen (secondary N) is 2. The van der Waals surface area contributed by atoms with Crippen LogP contribution in [0.3, 0.4) is 0 Å². The molecule has 1 fully saturated rings. The van der Waals surface area contributed by atoms with E-state index in [0.717, 1.165) is 25.7 Å². The van der Waals surface area contributed by atoms with E-state index >= 15 is 0 Å². The van der Waals surface area contributed by atoms with Crippen LogP contribution in [0.25, 0.3) is 0 Å². The van der Waals surface area contributed by atoms with E-state index in [1.807, 2.05) is 0 Å². The first-order chi connectivity index (χ1) is 11.5. The summed E-state index contributed by atoms with van der Waals surface area (Å²) in [6, 6.07) is -0.586. The summed E-state index contributed by atoms with van der Waals surface area (Å²) in [5.41, 5.74) is 11.1. The molecule has 7 nitrogen and oxygen atoms in total. The van der Waals surface area contributed by atoms with Gasteiger partial charge in [0.25, 0.3) is 0 Å². The minimum Gasteiger partial charge on any atom is -0.347 e. The van der Waals surface area contributed by atoms with Crippen molar-refractivity contribution >= 4 is 17.6 Å². The molecule has 0 aromatic carbocycles. The smallest absolute Gasteiger partial charge is 0.239 e. The van der Waals surface area contributed by atoms with Crippen LogP contribution in [0, 0.1) is 11.8 Å². The van der Waals surface area contributed by atoms with Gasteiger partial charge < -0.3 is 22.1 Å². The van der Waals surface area contributed by atoms with Gasteiger partial charge in [0.1, 0.15) is 0 Å². The van der Waals surface area contributed by atoms with Gasteiger partial charge in [-0.3, -0.25) is 14.4 Å². The van der Waals surface area contributed by atoms with Gasteiger partial charge in [0.05, 0.1) is 12.6 Å². The second kappa shape index (κ2) is 11.1. The molecule has 0 saturated heterocycles. The lowest BCUT2D eigenvalue weighted by atomic mass is 9.78. The quantitative estimate of drug-likeness (QED) is 0.447. The van der Waals surface area contributed by atoms with E-state index in [2.05, 4.69) is 10.6 Å². The number of carbonyl (C=O) groups is 3. The molecule has 138 valence electrons. The third-order valence-electron chi connectivity index (χ3n) is 4.74. The zero-order chi connectivity index (χ0) is 17.9. The van der Waals surface area contributed by atoms with Crippen molar-refractivity contribution in [3.8, 4) is 0 Å². The van der Waals surface area contributed by atoms with E-state index in [9.17, 15) is 14.4 Å². The molecule has 7 heteroatoms. The molecule has 2 unspecified atom stereocenters. The van der Waals surface area contributed by atoms with Crippen LogP contribution in [-0.2, 0) is 14.4 Å². The normalized spacial score (nSPS) is 17.8. The summed E-state index contributed by atoms with van der Waals surface area (Å²) in [4.78, 5) is 35.8. The molecule has 2 amide bonds. The Morgan fingerprint density at radius 3 is 2.21 bits per heavy atom. The van der Waals surface area contributed by atoms with Crippen LogP contribution >= 0.6 is 0 Å². The Kier molecular flexibility index (Phi) is 9.56. The molecule has 0 radical (unpaired) electrons. The molecule has 2 atom stereocenters. The third-order valence-corrected chi connectivity index (χ3v) is 4.74. The molecule has 0 aromatic heterocycles. The standard InChI is InChI=1S/C17H32N4O3/c1-12(22)15(8-10-19)21-16(23)11-20-17(24)14(7-9-18)13-5-3-2-4-6-13/h13-15H,2-11,18-19H2,1H3,(H,20,24)(H,21,23). The van der Waals surface area contributed by atoms with Gasteiger partial charge in [0.2, 0.25) is 11.8 Å². The summed E-state index contributed by atoms with van der Waals surface area (Å²) < 4.78 is 0. The maximum Gasteiger partial charge on any atom is 0.239 e. The van der Waals surface area contributed by atoms with Crippen molar-refractivity contribution in [3.63, 3.8) is 0 Å². The molecule has 24 heavy (non-hydrogen) atoms. The van der Waals surface area contributed by atoms with Gasteiger partial charge in [-0.15, -0.1) is 0 Å². The molecule has 1 saturated carbocycles. The maximum atomic E-state index is 12.4. The van der Waals surface area contributed by atoms with Crippen molar-refractivity contribution in [1.82, 2.24) is 10.6 Å². The summed E-state index contributed by atoms with van der Waals surface area (Å²) in [7, 11) is 0. The highest BCUT2D eigenvalue weighted by Gasteiger charge is 2.29. The average Bonchev–Trinajstić information content (AvgIpc) is 2.57. The first-order valence-electron chi connectivity index (χ1n) is 8.97. The van der Waals surface area contributed by atoms with Gasteiger partial charge in [-0.2, -0.15) is 0 Å². The number of Topliss-reactive ketones (excluding diaryl/α,β-unsaturated/α-hetero) is 1. The third kappa shape index (κ3) is 6.97. The Hall–Kier alpha value is -1.47. The summed E-state index contributed by atoms with van der Waals surface area (Å²) >= 11 is 0. The monoisotopic (exact) mass is 340 g/mol. The second-order valence-corrected chi connectivity index (χ2v) is 6.61. The summed E-state index contributed by atoms with van der Waals surface area (Å²) in [5, 5.41) is 5.32. The largest absolute Gasteiger partial charge is 0.347 e. The molecule has 0 heterocycles. The molecule has 0 aromatic rings. The Morgan fingerprint density at radius 2 is 1.67 bits per heavy atom. The van der Waals surface area contributed by atoms with Crippen LogP contribution in [0.5, 0.6) is 0 Å². The minimum atomic E-state index is -0.586. The minimum absolute atomic E-state index is 0.110. The number of carbonyl (C=O) groups excluding carboxylic acids is 3. The maximum absolute atomic E-state index is 12.4. The Labute approximate surface area is 144 Å². The summed E-state index contributed by atoms with van der Waals surface area (Å²) in [5.74, 6) is -0.389. The topological polar surface area (TPSA) is 127 Å². The van der Waals surface area contributed by atoms with Gasteiger partial charge in [0, 0.05) is 5.92 Å². The highest BCUT2D eigenvalue weighted by Crippen LogP contribution is 2.31. The molecule has 1 rings (SSSR count). The lowest BCUT2D eigenvalue weighted by Gasteiger charge is -2.29. The number of ketones is 1. The predicted octanol–water partition coefficient (Wildman–Crippen LogP) is 0.0705. The van der Waals surface area contributed by atoms with Crippen molar-refractivity contribution in [3.05, 3.63) is 0 Å². The van der Waals surface area contributed by atoms with Crippen molar-refractivity contribution in [2.45, 2.75) is 57.9 Å². The molecule has 0 spiro atoms. The van der Waals surface area contributed by atoms with E-state index < -0.39 is 6.04 Å². The fraction of sp³-hybridized carbons (Fsp3) is 0.824. The summed E-state index contributed by atoms with van der Waals surface area (Å²) in [6.45, 7) is 2.07. The highest BCUT2D eigenvalue weighted by molar-refractivity contribution is 5.90. The van der Waals surface area contributed by atoms with E-state index in [1.165, 1.54) is 13.3 Å². The average molecular weight is 340 g/mol. The molecular weight excluding hydrogens is 308 g/mol. The number of rotatable bonds is 10. The lowest BCUT2D eigenvalue weighted by molar-refractivity contribution is -0.131. The van der Waals surface area contributed by atoms with Crippen LogP contribution < -0.4 is 22.1 Å². The number of amides is 2. The first kappa shape index (κ1) is 20.6. The van der Waals surface area contributed by atoms with Gasteiger partial charge in [-0.1, -0.05) is 19.3 Å². The zero-order valence-corrected chi connectivity index (χ0v) is 14.7. The van der Waals surface area contributed by atoms with Crippen LogP contribution in [-0.4, -0.2) is 43.3 Å².